The molecule has 11 heteroatoms. The number of rotatable bonds is 5. The number of carbonyl (C=O) groups is 2. The Labute approximate surface area is 183 Å². The fourth-order valence-electron chi connectivity index (χ4n) is 4.32. The van der Waals surface area contributed by atoms with Crippen LogP contribution in [0.5, 0.6) is 0 Å². The molecule has 168 valence electrons. The Kier molecular flexibility index (Phi) is 5.89. The van der Waals surface area contributed by atoms with Crippen LogP contribution in [0.3, 0.4) is 0 Å². The van der Waals surface area contributed by atoms with E-state index in [1.165, 1.54) is 24.3 Å². The quantitative estimate of drug-likeness (QED) is 0.477. The first kappa shape index (κ1) is 21.5. The van der Waals surface area contributed by atoms with Crippen LogP contribution >= 0.6 is 0 Å². The zero-order valence-electron chi connectivity index (χ0n) is 17.6. The second-order valence-corrected chi connectivity index (χ2v) is 8.00. The molecule has 2 amide bonds. The molecule has 3 heterocycles. The molecule has 32 heavy (non-hydrogen) atoms. The van der Waals surface area contributed by atoms with Crippen LogP contribution < -0.4 is 21.1 Å². The van der Waals surface area contributed by atoms with Crippen molar-refractivity contribution in [1.29, 1.82) is 0 Å². The standard InChI is InChI=1S/C21H24N6O5/c1-2-13-5-3-4-10-26(13)21-24-18-17(20(30)25-21)15(11-16(28)23-18)19(29)22-12-6-8-14(9-7-12)27(31)32/h6-9,13,15H,2-5,10-11H2,1H3,(H,22,29)(H2,23,24,25,28,30)/t13-,15+/m1/s1. The number of fused-ring (bicyclic) bond motifs is 1. The van der Waals surface area contributed by atoms with Gasteiger partial charge in [0.25, 0.3) is 11.2 Å². The number of nitro groups is 1. The third-order valence-electron chi connectivity index (χ3n) is 5.97. The number of amides is 2. The summed E-state index contributed by atoms with van der Waals surface area (Å²) in [6.45, 7) is 2.85. The molecular formula is C21H24N6O5. The fourth-order valence-corrected chi connectivity index (χ4v) is 4.32. The maximum Gasteiger partial charge on any atom is 0.269 e. The average Bonchev–Trinajstić information content (AvgIpc) is 2.78. The first-order valence-corrected chi connectivity index (χ1v) is 10.6. The smallest absolute Gasteiger partial charge is 0.269 e. The van der Waals surface area contributed by atoms with E-state index < -0.39 is 28.2 Å². The van der Waals surface area contributed by atoms with Gasteiger partial charge in [-0.1, -0.05) is 6.92 Å². The summed E-state index contributed by atoms with van der Waals surface area (Å²) in [6, 6.07) is 5.57. The molecule has 11 nitrogen and oxygen atoms in total. The van der Waals surface area contributed by atoms with Crippen molar-refractivity contribution in [1.82, 2.24) is 9.97 Å². The normalized spacial score (nSPS) is 20.3. The summed E-state index contributed by atoms with van der Waals surface area (Å²) in [4.78, 5) is 57.8. The van der Waals surface area contributed by atoms with E-state index in [2.05, 4.69) is 32.4 Å². The zero-order valence-corrected chi connectivity index (χ0v) is 17.6. The Balaban J connectivity index is 1.62. The first-order valence-electron chi connectivity index (χ1n) is 10.6. The lowest BCUT2D eigenvalue weighted by atomic mass is 9.92. The van der Waals surface area contributed by atoms with Gasteiger partial charge in [0.1, 0.15) is 5.82 Å². The largest absolute Gasteiger partial charge is 0.339 e. The van der Waals surface area contributed by atoms with Crippen molar-refractivity contribution in [2.24, 2.45) is 0 Å². The van der Waals surface area contributed by atoms with E-state index in [0.29, 0.717) is 11.6 Å². The number of benzene rings is 1. The van der Waals surface area contributed by atoms with E-state index in [-0.39, 0.29) is 29.5 Å². The molecule has 1 aromatic heterocycles. The highest BCUT2D eigenvalue weighted by Crippen LogP contribution is 2.32. The van der Waals surface area contributed by atoms with Crippen LogP contribution in [0.25, 0.3) is 0 Å². The monoisotopic (exact) mass is 440 g/mol. The summed E-state index contributed by atoms with van der Waals surface area (Å²) >= 11 is 0. The maximum absolute atomic E-state index is 13.0. The van der Waals surface area contributed by atoms with E-state index in [0.717, 1.165) is 32.2 Å². The van der Waals surface area contributed by atoms with Gasteiger partial charge in [-0.15, -0.1) is 0 Å². The molecule has 0 bridgehead atoms. The van der Waals surface area contributed by atoms with Gasteiger partial charge >= 0.3 is 0 Å². The number of nitrogens with one attached hydrogen (secondary N) is 3. The zero-order chi connectivity index (χ0) is 22.8. The Hall–Kier alpha value is -3.76. The molecule has 1 aromatic carbocycles. The number of H-pyrrole nitrogens is 1. The highest BCUT2D eigenvalue weighted by Gasteiger charge is 2.35. The molecular weight excluding hydrogens is 416 g/mol. The molecule has 2 atom stereocenters. The second-order valence-electron chi connectivity index (χ2n) is 8.00. The minimum Gasteiger partial charge on any atom is -0.339 e. The van der Waals surface area contributed by atoms with Crippen LogP contribution in [-0.2, 0) is 9.59 Å². The minimum absolute atomic E-state index is 0.101. The molecule has 0 aliphatic carbocycles. The van der Waals surface area contributed by atoms with Gasteiger partial charge in [0.15, 0.2) is 0 Å². The summed E-state index contributed by atoms with van der Waals surface area (Å²) < 4.78 is 0. The minimum atomic E-state index is -1.03. The van der Waals surface area contributed by atoms with Gasteiger partial charge in [0.05, 0.1) is 16.4 Å². The third kappa shape index (κ3) is 4.18. The van der Waals surface area contributed by atoms with Gasteiger partial charge in [-0.25, -0.2) is 0 Å². The van der Waals surface area contributed by atoms with Crippen molar-refractivity contribution in [3.8, 4) is 0 Å². The van der Waals surface area contributed by atoms with E-state index in [1.807, 2.05) is 0 Å². The van der Waals surface area contributed by atoms with Crippen molar-refractivity contribution < 1.29 is 14.5 Å². The van der Waals surface area contributed by atoms with Crippen LogP contribution in [0.1, 0.15) is 50.5 Å². The summed E-state index contributed by atoms with van der Waals surface area (Å²) in [5.41, 5.74) is -0.137. The summed E-state index contributed by atoms with van der Waals surface area (Å²) in [5.74, 6) is -1.49. The number of hydrogen-bond acceptors (Lipinski definition) is 7. The number of nitrogens with zero attached hydrogens (tertiary/aromatic N) is 3. The SMILES string of the molecule is CC[C@@H]1CCCCN1c1nc2c(c(=O)[nH]1)[C@@H](C(=O)Nc1ccc([N+](=O)[O-])cc1)CC(=O)N2. The molecule has 2 aliphatic heterocycles. The lowest BCUT2D eigenvalue weighted by molar-refractivity contribution is -0.384. The molecule has 2 aliphatic rings. The van der Waals surface area contributed by atoms with Crippen molar-refractivity contribution >= 4 is 35.0 Å². The fraction of sp³-hybridized carbons (Fsp3) is 0.429. The van der Waals surface area contributed by atoms with Crippen LogP contribution in [0.2, 0.25) is 0 Å². The Bertz CT molecular complexity index is 1110. The number of nitro benzene ring substituents is 1. The number of hydrogen-bond donors (Lipinski definition) is 3. The highest BCUT2D eigenvalue weighted by molar-refractivity contribution is 6.04. The highest BCUT2D eigenvalue weighted by atomic mass is 16.6. The van der Waals surface area contributed by atoms with Crippen molar-refractivity contribution in [2.45, 2.75) is 51.0 Å². The molecule has 1 fully saturated rings. The Morgan fingerprint density at radius 1 is 1.28 bits per heavy atom. The lowest BCUT2D eigenvalue weighted by Gasteiger charge is -2.36. The topological polar surface area (TPSA) is 150 Å². The summed E-state index contributed by atoms with van der Waals surface area (Å²) in [7, 11) is 0. The van der Waals surface area contributed by atoms with E-state index in [1.54, 1.807) is 0 Å². The van der Waals surface area contributed by atoms with Gasteiger partial charge in [-0.2, -0.15) is 4.98 Å². The number of non-ortho nitro benzene ring substituents is 1. The van der Waals surface area contributed by atoms with Gasteiger partial charge < -0.3 is 15.5 Å². The van der Waals surface area contributed by atoms with E-state index in [9.17, 15) is 24.5 Å². The number of carbonyl (C=O) groups excluding carboxylic acids is 2. The second kappa shape index (κ2) is 8.77. The number of aromatic amines is 1. The predicted octanol–water partition coefficient (Wildman–Crippen LogP) is 2.51. The van der Waals surface area contributed by atoms with Crippen LogP contribution in [0, 0.1) is 10.1 Å². The van der Waals surface area contributed by atoms with E-state index in [4.69, 9.17) is 0 Å². The lowest BCUT2D eigenvalue weighted by Crippen LogP contribution is -2.43. The molecule has 1 saturated heterocycles. The molecule has 2 aromatic rings. The predicted molar refractivity (Wildman–Crippen MR) is 118 cm³/mol. The average molecular weight is 440 g/mol. The maximum atomic E-state index is 13.0. The van der Waals surface area contributed by atoms with E-state index >= 15 is 0 Å². The van der Waals surface area contributed by atoms with Crippen molar-refractivity contribution in [3.63, 3.8) is 0 Å². The molecule has 0 saturated carbocycles. The molecule has 4 rings (SSSR count). The summed E-state index contributed by atoms with van der Waals surface area (Å²) in [5, 5.41) is 16.1. The van der Waals surface area contributed by atoms with Crippen molar-refractivity contribution in [3.05, 3.63) is 50.3 Å². The van der Waals surface area contributed by atoms with Crippen molar-refractivity contribution in [2.75, 3.05) is 22.1 Å². The first-order chi connectivity index (χ1) is 15.4. The van der Waals surface area contributed by atoms with Gasteiger partial charge in [0.2, 0.25) is 17.8 Å². The number of aromatic nitrogens is 2. The number of piperidine rings is 1. The van der Waals surface area contributed by atoms with Crippen LogP contribution in [0.15, 0.2) is 29.1 Å². The van der Waals surface area contributed by atoms with Crippen LogP contribution in [-0.4, -0.2) is 39.3 Å². The molecule has 3 N–H and O–H groups in total. The van der Waals surface area contributed by atoms with Gasteiger partial charge in [-0.3, -0.25) is 29.5 Å². The molecule has 0 spiro atoms. The third-order valence-corrected chi connectivity index (χ3v) is 5.97. The number of anilines is 3. The molecule has 0 unspecified atom stereocenters. The Morgan fingerprint density at radius 3 is 2.72 bits per heavy atom. The molecule has 0 radical (unpaired) electrons. The summed E-state index contributed by atoms with van der Waals surface area (Å²) in [6.07, 6.45) is 3.82. The van der Waals surface area contributed by atoms with Gasteiger partial charge in [-0.05, 0) is 37.8 Å². The van der Waals surface area contributed by atoms with Gasteiger partial charge in [0, 0.05) is 36.8 Å². The van der Waals surface area contributed by atoms with Crippen LogP contribution in [0.4, 0.5) is 23.1 Å². The Morgan fingerprint density at radius 2 is 2.03 bits per heavy atom.